The minimum Gasteiger partial charge on any atom is -0.471 e. The predicted molar refractivity (Wildman–Crippen MR) is 99.3 cm³/mol. The molecule has 0 aliphatic heterocycles. The van der Waals surface area contributed by atoms with Crippen LogP contribution < -0.4 is 0 Å². The molecule has 0 radical (unpaired) electrons. The van der Waals surface area contributed by atoms with Crippen molar-refractivity contribution in [1.82, 2.24) is 0 Å². The Balaban J connectivity index is 4.04. The summed E-state index contributed by atoms with van der Waals surface area (Å²) in [5.74, 6) is -1.31. The zero-order chi connectivity index (χ0) is 21.0. The minimum absolute atomic E-state index is 0.117. The molecule has 0 N–H and O–H groups in total. The number of carbonyl (C=O) groups excluding carboxylic acids is 1. The van der Waals surface area contributed by atoms with Gasteiger partial charge in [0, 0.05) is 19.4 Å². The molecule has 0 aliphatic carbocycles. The molecule has 0 heterocycles. The summed E-state index contributed by atoms with van der Waals surface area (Å²) >= 11 is 0. The Kier molecular flexibility index (Phi) is 12.2. The van der Waals surface area contributed by atoms with Crippen LogP contribution in [0.5, 0.6) is 0 Å². The Morgan fingerprint density at radius 2 is 1.48 bits per heavy atom. The molecule has 0 aliphatic rings. The van der Waals surface area contributed by atoms with Gasteiger partial charge >= 0.3 is 5.97 Å². The van der Waals surface area contributed by atoms with E-state index in [1.54, 1.807) is 48.5 Å². The van der Waals surface area contributed by atoms with Crippen LogP contribution in [0.1, 0.15) is 48.5 Å². The van der Waals surface area contributed by atoms with Gasteiger partial charge in [0.25, 0.3) is 0 Å². The van der Waals surface area contributed by atoms with Gasteiger partial charge in [-0.05, 0) is 34.6 Å². The molecule has 4 unspecified atom stereocenters. The lowest BCUT2D eigenvalue weighted by Gasteiger charge is -2.30. The van der Waals surface area contributed by atoms with Gasteiger partial charge in [0.15, 0.2) is 25.2 Å². The molecule has 0 fully saturated rings. The molecule has 0 aromatic heterocycles. The van der Waals surface area contributed by atoms with Crippen LogP contribution in [0, 0.1) is 0 Å². The van der Waals surface area contributed by atoms with Gasteiger partial charge in [-0.1, -0.05) is 13.2 Å². The largest absolute Gasteiger partial charge is 0.471 e. The maximum absolute atomic E-state index is 11.2. The molecule has 8 heteroatoms. The van der Waals surface area contributed by atoms with Crippen molar-refractivity contribution in [1.29, 1.82) is 0 Å². The van der Waals surface area contributed by atoms with Crippen LogP contribution >= 0.6 is 0 Å². The highest BCUT2D eigenvalue weighted by molar-refractivity contribution is 5.86. The van der Waals surface area contributed by atoms with Gasteiger partial charge in [0.1, 0.15) is 6.61 Å². The van der Waals surface area contributed by atoms with Crippen molar-refractivity contribution in [3.8, 4) is 0 Å². The SMILES string of the molecule is C=COC(C)(C)OC(C)OC(C)OC(C)OC(C)OCCOC(=O)C(=C)C. The average molecular weight is 390 g/mol. The van der Waals surface area contributed by atoms with Crippen molar-refractivity contribution >= 4 is 5.97 Å². The standard InChI is InChI=1S/C19H34O8/c1-10-23-19(8,9)27-17(7)26-16(6)25-15(5)24-14(4)21-11-12-22-18(20)13(2)3/h10,14-17H,1-2,11-12H2,3-9H3. The second kappa shape index (κ2) is 12.9. The van der Waals surface area contributed by atoms with E-state index in [1.165, 1.54) is 6.26 Å². The van der Waals surface area contributed by atoms with Crippen LogP contribution in [0.4, 0.5) is 0 Å². The molecular formula is C19H34O8. The number of hydrogen-bond donors (Lipinski definition) is 0. The first kappa shape index (κ1) is 25.6. The first-order valence-corrected chi connectivity index (χ1v) is 8.84. The van der Waals surface area contributed by atoms with Crippen LogP contribution in [0.3, 0.4) is 0 Å². The van der Waals surface area contributed by atoms with Crippen molar-refractivity contribution in [2.45, 2.75) is 79.4 Å². The van der Waals surface area contributed by atoms with Gasteiger partial charge in [0.2, 0.25) is 5.79 Å². The van der Waals surface area contributed by atoms with Gasteiger partial charge < -0.3 is 33.2 Å². The van der Waals surface area contributed by atoms with Crippen molar-refractivity contribution in [2.24, 2.45) is 0 Å². The van der Waals surface area contributed by atoms with E-state index >= 15 is 0 Å². The molecule has 8 nitrogen and oxygen atoms in total. The monoisotopic (exact) mass is 390 g/mol. The Hall–Kier alpha value is -1.45. The molecule has 0 bridgehead atoms. The number of rotatable bonds is 15. The molecule has 0 aromatic carbocycles. The third-order valence-corrected chi connectivity index (χ3v) is 2.98. The lowest BCUT2D eigenvalue weighted by Crippen LogP contribution is -2.35. The topological polar surface area (TPSA) is 81.7 Å². The summed E-state index contributed by atoms with van der Waals surface area (Å²) < 4.78 is 37.9. The van der Waals surface area contributed by atoms with E-state index in [0.29, 0.717) is 5.57 Å². The van der Waals surface area contributed by atoms with E-state index in [-0.39, 0.29) is 13.2 Å². The summed E-state index contributed by atoms with van der Waals surface area (Å²) in [4.78, 5) is 11.2. The average Bonchev–Trinajstić information content (AvgIpc) is 2.49. The summed E-state index contributed by atoms with van der Waals surface area (Å²) in [7, 11) is 0. The van der Waals surface area contributed by atoms with Crippen molar-refractivity contribution in [3.63, 3.8) is 0 Å². The lowest BCUT2D eigenvalue weighted by molar-refractivity contribution is -0.335. The van der Waals surface area contributed by atoms with E-state index in [1.807, 2.05) is 0 Å². The highest BCUT2D eigenvalue weighted by Gasteiger charge is 2.24. The molecule has 0 rings (SSSR count). The fourth-order valence-corrected chi connectivity index (χ4v) is 2.04. The van der Waals surface area contributed by atoms with E-state index in [2.05, 4.69) is 13.2 Å². The summed E-state index contributed by atoms with van der Waals surface area (Å²) in [6.45, 7) is 19.3. The molecule has 0 amide bonds. The van der Waals surface area contributed by atoms with Crippen molar-refractivity contribution < 1.29 is 38.0 Å². The highest BCUT2D eigenvalue weighted by Crippen LogP contribution is 2.17. The molecule has 0 aromatic rings. The highest BCUT2D eigenvalue weighted by atomic mass is 16.8. The molecule has 27 heavy (non-hydrogen) atoms. The van der Waals surface area contributed by atoms with E-state index in [0.717, 1.165) is 0 Å². The van der Waals surface area contributed by atoms with Gasteiger partial charge in [-0.25, -0.2) is 4.79 Å². The van der Waals surface area contributed by atoms with E-state index in [9.17, 15) is 4.79 Å². The first-order valence-electron chi connectivity index (χ1n) is 8.84. The number of hydrogen-bond acceptors (Lipinski definition) is 8. The Labute approximate surface area is 162 Å². The van der Waals surface area contributed by atoms with Crippen LogP contribution in [0.25, 0.3) is 0 Å². The second-order valence-electron chi connectivity index (χ2n) is 6.27. The molecule has 158 valence electrons. The maximum Gasteiger partial charge on any atom is 0.333 e. The quantitative estimate of drug-likeness (QED) is 0.138. The molecule has 0 spiro atoms. The summed E-state index contributed by atoms with van der Waals surface area (Å²) in [6.07, 6.45) is -0.984. The number of ether oxygens (including phenoxy) is 7. The summed E-state index contributed by atoms with van der Waals surface area (Å²) in [5, 5.41) is 0. The third-order valence-electron chi connectivity index (χ3n) is 2.98. The summed E-state index contributed by atoms with van der Waals surface area (Å²) in [6, 6.07) is 0. The first-order chi connectivity index (χ1) is 12.5. The second-order valence-corrected chi connectivity index (χ2v) is 6.27. The Bertz CT molecular complexity index is 463. The minimum atomic E-state index is -0.862. The normalized spacial score (nSPS) is 16.1. The van der Waals surface area contributed by atoms with Crippen LogP contribution in [-0.2, 0) is 38.0 Å². The van der Waals surface area contributed by atoms with Gasteiger partial charge in [0.05, 0.1) is 12.9 Å². The summed E-state index contributed by atoms with van der Waals surface area (Å²) in [5.41, 5.74) is 0.341. The third kappa shape index (κ3) is 13.4. The van der Waals surface area contributed by atoms with Crippen LogP contribution in [-0.4, -0.2) is 50.1 Å². The van der Waals surface area contributed by atoms with Gasteiger partial charge in [-0.15, -0.1) is 0 Å². The lowest BCUT2D eigenvalue weighted by atomic mass is 10.4. The molecular weight excluding hydrogens is 356 g/mol. The van der Waals surface area contributed by atoms with Crippen LogP contribution in [0.2, 0.25) is 0 Å². The number of carbonyl (C=O) groups is 1. The fraction of sp³-hybridized carbons (Fsp3) is 0.737. The van der Waals surface area contributed by atoms with Gasteiger partial charge in [-0.2, -0.15) is 0 Å². The van der Waals surface area contributed by atoms with E-state index < -0.39 is 36.9 Å². The van der Waals surface area contributed by atoms with Crippen molar-refractivity contribution in [2.75, 3.05) is 13.2 Å². The molecule has 0 saturated heterocycles. The van der Waals surface area contributed by atoms with Crippen molar-refractivity contribution in [3.05, 3.63) is 25.0 Å². The molecule has 0 saturated carbocycles. The zero-order valence-corrected chi connectivity index (χ0v) is 17.5. The number of esters is 1. The zero-order valence-electron chi connectivity index (χ0n) is 17.5. The smallest absolute Gasteiger partial charge is 0.333 e. The predicted octanol–water partition coefficient (Wildman–Crippen LogP) is 3.47. The molecule has 4 atom stereocenters. The maximum atomic E-state index is 11.2. The Morgan fingerprint density at radius 1 is 0.963 bits per heavy atom. The van der Waals surface area contributed by atoms with Crippen LogP contribution in [0.15, 0.2) is 25.0 Å². The Morgan fingerprint density at radius 3 is 2.00 bits per heavy atom. The van der Waals surface area contributed by atoms with Gasteiger partial charge in [-0.3, -0.25) is 0 Å². The fourth-order valence-electron chi connectivity index (χ4n) is 2.04. The van der Waals surface area contributed by atoms with E-state index in [4.69, 9.17) is 33.2 Å².